The summed E-state index contributed by atoms with van der Waals surface area (Å²) in [6.45, 7) is 8.24. The molecule has 4 aliphatic heterocycles. The van der Waals surface area contributed by atoms with Crippen LogP contribution in [0.1, 0.15) is 43.7 Å². The van der Waals surface area contributed by atoms with Crippen LogP contribution in [-0.4, -0.2) is 81.9 Å². The Kier molecular flexibility index (Phi) is 9.02. The number of aliphatic hydroxyl groups is 1. The molecule has 0 aromatic heterocycles. The van der Waals surface area contributed by atoms with Crippen molar-refractivity contribution in [2.45, 2.75) is 75.5 Å². The summed E-state index contributed by atoms with van der Waals surface area (Å²) >= 11 is 0. The first-order valence-corrected chi connectivity index (χ1v) is 20.7. The van der Waals surface area contributed by atoms with Crippen molar-refractivity contribution in [3.05, 3.63) is 77.9 Å². The van der Waals surface area contributed by atoms with Gasteiger partial charge in [-0.1, -0.05) is 49.5 Å². The molecule has 4 aliphatic rings. The van der Waals surface area contributed by atoms with Gasteiger partial charge in [-0.3, -0.25) is 14.4 Å². The standard InChI is InChI=1S/C39H47N3O7Si/c1-25-37(50(4,5)31-14-11-29(47-2)12-15-31)34(22-36(45)40-18-7-10-28(40)24-43)49-39(25)32-21-30(48-3)13-16-33(32)42(38(39)46)23-26-8-6-9-27(20-26)41-19-17-35(41)44/h6,8-9,11-16,20-21,25,28,34,37,43H,7,10,17-19,22-24H2,1-5H3/t25-,28-,34+,37-,39+/m0/s1. The molecule has 50 heavy (non-hydrogen) atoms. The summed E-state index contributed by atoms with van der Waals surface area (Å²) in [5.41, 5.74) is 1.77. The lowest BCUT2D eigenvalue weighted by Gasteiger charge is -2.37. The fourth-order valence-corrected chi connectivity index (χ4v) is 13.0. The van der Waals surface area contributed by atoms with Gasteiger partial charge in [0.15, 0.2) is 5.60 Å². The minimum Gasteiger partial charge on any atom is -0.497 e. The predicted molar refractivity (Wildman–Crippen MR) is 194 cm³/mol. The van der Waals surface area contributed by atoms with E-state index in [-0.39, 0.29) is 48.3 Å². The zero-order valence-corrected chi connectivity index (χ0v) is 30.6. The van der Waals surface area contributed by atoms with E-state index in [1.54, 1.807) is 28.9 Å². The highest BCUT2D eigenvalue weighted by Crippen LogP contribution is 2.60. The number of hydrogen-bond acceptors (Lipinski definition) is 7. The van der Waals surface area contributed by atoms with E-state index in [1.165, 1.54) is 5.19 Å². The second kappa shape index (κ2) is 13.2. The van der Waals surface area contributed by atoms with Crippen LogP contribution in [0.5, 0.6) is 11.5 Å². The zero-order valence-electron chi connectivity index (χ0n) is 29.6. The molecule has 0 aliphatic carbocycles. The van der Waals surface area contributed by atoms with Gasteiger partial charge < -0.3 is 34.0 Å². The van der Waals surface area contributed by atoms with Gasteiger partial charge in [0.1, 0.15) is 11.5 Å². The van der Waals surface area contributed by atoms with Crippen LogP contribution in [0.2, 0.25) is 18.6 Å². The monoisotopic (exact) mass is 697 g/mol. The van der Waals surface area contributed by atoms with Gasteiger partial charge >= 0.3 is 0 Å². The number of anilines is 2. The van der Waals surface area contributed by atoms with Crippen molar-refractivity contribution in [3.8, 4) is 11.5 Å². The lowest BCUT2D eigenvalue weighted by Crippen LogP contribution is -2.52. The van der Waals surface area contributed by atoms with Gasteiger partial charge in [0.05, 0.1) is 59.7 Å². The summed E-state index contributed by atoms with van der Waals surface area (Å²) in [5, 5.41) is 11.2. The average molecular weight is 698 g/mol. The maximum atomic E-state index is 15.2. The van der Waals surface area contributed by atoms with Crippen molar-refractivity contribution < 1.29 is 33.7 Å². The number of ether oxygens (including phenoxy) is 3. The third-order valence-corrected chi connectivity index (χ3v) is 16.1. The number of benzene rings is 3. The molecular weight excluding hydrogens is 651 g/mol. The summed E-state index contributed by atoms with van der Waals surface area (Å²) in [6, 6.07) is 21.5. The van der Waals surface area contributed by atoms with Crippen molar-refractivity contribution in [3.63, 3.8) is 0 Å². The van der Waals surface area contributed by atoms with Gasteiger partial charge in [0.2, 0.25) is 11.8 Å². The van der Waals surface area contributed by atoms with Gasteiger partial charge in [-0.05, 0) is 66.4 Å². The second-order valence-corrected chi connectivity index (χ2v) is 19.4. The smallest absolute Gasteiger partial charge is 0.264 e. The number of likely N-dealkylation sites (tertiary alicyclic amines) is 1. The summed E-state index contributed by atoms with van der Waals surface area (Å²) in [4.78, 5) is 46.8. The highest BCUT2D eigenvalue weighted by molar-refractivity contribution is 6.91. The van der Waals surface area contributed by atoms with Crippen molar-refractivity contribution in [1.82, 2.24) is 4.90 Å². The van der Waals surface area contributed by atoms with Crippen LogP contribution in [0.3, 0.4) is 0 Å². The van der Waals surface area contributed by atoms with Crippen molar-refractivity contribution >= 4 is 42.4 Å². The molecule has 0 unspecified atom stereocenters. The van der Waals surface area contributed by atoms with Gasteiger partial charge in [0.25, 0.3) is 5.91 Å². The van der Waals surface area contributed by atoms with Gasteiger partial charge in [-0.2, -0.15) is 0 Å². The molecule has 1 spiro atoms. The maximum absolute atomic E-state index is 15.2. The Hall–Kier alpha value is -4.19. The molecule has 3 aromatic carbocycles. The Labute approximate surface area is 294 Å². The van der Waals surface area contributed by atoms with Crippen LogP contribution in [0.15, 0.2) is 66.7 Å². The predicted octanol–water partition coefficient (Wildman–Crippen LogP) is 4.58. The third-order valence-electron chi connectivity index (χ3n) is 11.7. The first-order valence-electron chi connectivity index (χ1n) is 17.7. The summed E-state index contributed by atoms with van der Waals surface area (Å²) < 4.78 is 18.4. The highest BCUT2D eigenvalue weighted by atomic mass is 28.3. The number of β-lactam (4-membered cyclic amide) rings is 1. The van der Waals surface area contributed by atoms with Crippen LogP contribution in [0.4, 0.5) is 11.4 Å². The zero-order chi connectivity index (χ0) is 35.4. The number of carbonyl (C=O) groups excluding carboxylic acids is 3. The molecule has 0 radical (unpaired) electrons. The fourth-order valence-electron chi connectivity index (χ4n) is 9.01. The van der Waals surface area contributed by atoms with Crippen molar-refractivity contribution in [2.24, 2.45) is 5.92 Å². The van der Waals surface area contributed by atoms with Gasteiger partial charge in [-0.15, -0.1) is 0 Å². The van der Waals surface area contributed by atoms with E-state index < -0.39 is 19.8 Å². The highest BCUT2D eigenvalue weighted by Gasteiger charge is 2.66. The topological polar surface area (TPSA) is 109 Å². The quantitative estimate of drug-likeness (QED) is 0.244. The molecule has 0 saturated carbocycles. The normalized spacial score (nSPS) is 26.1. The first-order chi connectivity index (χ1) is 24.0. The van der Waals surface area contributed by atoms with Crippen LogP contribution in [-0.2, 0) is 31.3 Å². The van der Waals surface area contributed by atoms with Gasteiger partial charge in [-0.25, -0.2) is 0 Å². The molecule has 3 amide bonds. The number of aliphatic hydroxyl groups excluding tert-OH is 1. The minimum absolute atomic E-state index is 0.0501. The van der Waals surface area contributed by atoms with E-state index in [0.29, 0.717) is 31.8 Å². The van der Waals surface area contributed by atoms with Crippen molar-refractivity contribution in [1.29, 1.82) is 0 Å². The molecule has 264 valence electrons. The lowest BCUT2D eigenvalue weighted by atomic mass is 9.82. The number of carbonyl (C=O) groups is 3. The Bertz CT molecular complexity index is 1800. The molecule has 4 heterocycles. The van der Waals surface area contributed by atoms with Crippen LogP contribution in [0.25, 0.3) is 0 Å². The number of methoxy groups -OCH3 is 2. The molecule has 3 fully saturated rings. The van der Waals surface area contributed by atoms with Gasteiger partial charge in [0, 0.05) is 36.7 Å². The van der Waals surface area contributed by atoms with E-state index in [4.69, 9.17) is 14.2 Å². The van der Waals surface area contributed by atoms with E-state index in [9.17, 15) is 14.7 Å². The summed E-state index contributed by atoms with van der Waals surface area (Å²) in [7, 11) is 0.797. The fraction of sp³-hybridized carbons (Fsp3) is 0.462. The molecule has 0 bridgehead atoms. The van der Waals surface area contributed by atoms with E-state index in [2.05, 4.69) is 32.2 Å². The van der Waals surface area contributed by atoms with Crippen molar-refractivity contribution in [2.75, 3.05) is 43.7 Å². The van der Waals surface area contributed by atoms with E-state index in [1.807, 2.05) is 54.6 Å². The number of hydrogen-bond donors (Lipinski definition) is 1. The number of rotatable bonds is 10. The Morgan fingerprint density at radius 2 is 1.74 bits per heavy atom. The molecule has 3 aromatic rings. The minimum atomic E-state index is -2.47. The molecule has 10 nitrogen and oxygen atoms in total. The average Bonchev–Trinajstić information content (AvgIpc) is 3.78. The molecular formula is C39H47N3O7Si. The number of fused-ring (bicyclic) bond motifs is 2. The maximum Gasteiger partial charge on any atom is 0.264 e. The van der Waals surface area contributed by atoms with Crippen LogP contribution < -0.4 is 24.5 Å². The second-order valence-electron chi connectivity index (χ2n) is 14.7. The SMILES string of the molecule is COc1ccc([Si](C)(C)[C@@H]2[C@@H](CC(=O)N3CCC[C@H]3CO)O[C@]3(C(=O)N(Cc4cccc(N5CCC5=O)c4)c4ccc(OC)cc43)[C@H]2C)cc1. The largest absolute Gasteiger partial charge is 0.497 e. The summed E-state index contributed by atoms with van der Waals surface area (Å²) in [6.07, 6.45) is 1.76. The summed E-state index contributed by atoms with van der Waals surface area (Å²) in [5.74, 6) is 0.991. The molecule has 3 saturated heterocycles. The third kappa shape index (κ3) is 5.50. The van der Waals surface area contributed by atoms with E-state index in [0.717, 1.165) is 41.1 Å². The molecule has 11 heteroatoms. The molecule has 7 rings (SSSR count). The van der Waals surface area contributed by atoms with Crippen LogP contribution >= 0.6 is 0 Å². The Morgan fingerprint density at radius 1 is 1.00 bits per heavy atom. The first kappa shape index (κ1) is 34.3. The molecule has 1 N–H and O–H groups in total. The number of nitrogens with zero attached hydrogens (tertiary/aromatic N) is 3. The molecule has 5 atom stereocenters. The lowest BCUT2D eigenvalue weighted by molar-refractivity contribution is -0.150. The van der Waals surface area contributed by atoms with E-state index >= 15 is 4.79 Å². The Balaban J connectivity index is 1.30. The number of amides is 3. The van der Waals surface area contributed by atoms with Crippen LogP contribution in [0, 0.1) is 5.92 Å². The Morgan fingerprint density at radius 3 is 2.40 bits per heavy atom.